The summed E-state index contributed by atoms with van der Waals surface area (Å²) in [6, 6.07) is 0.890. The van der Waals surface area contributed by atoms with Gasteiger partial charge in [0, 0.05) is 24.7 Å². The van der Waals surface area contributed by atoms with E-state index in [4.69, 9.17) is 9.47 Å². The van der Waals surface area contributed by atoms with Gasteiger partial charge in [0.15, 0.2) is 0 Å². The number of hydrogen-bond donors (Lipinski definition) is 2. The third-order valence-corrected chi connectivity index (χ3v) is 4.87. The van der Waals surface area contributed by atoms with Gasteiger partial charge in [0.2, 0.25) is 0 Å². The predicted octanol–water partition coefficient (Wildman–Crippen LogP) is 3.23. The van der Waals surface area contributed by atoms with Gasteiger partial charge in [-0.05, 0) is 52.9 Å². The van der Waals surface area contributed by atoms with E-state index in [0.717, 1.165) is 32.5 Å². The first-order chi connectivity index (χ1) is 10.8. The molecule has 1 saturated heterocycles. The van der Waals surface area contributed by atoms with Crippen molar-refractivity contribution in [1.29, 1.82) is 0 Å². The van der Waals surface area contributed by atoms with Crippen LogP contribution in [0.25, 0.3) is 0 Å². The predicted molar refractivity (Wildman–Crippen MR) is 91.6 cm³/mol. The average molecular weight is 326 g/mol. The Kier molecular flexibility index (Phi) is 6.72. The zero-order valence-electron chi connectivity index (χ0n) is 15.2. The highest BCUT2D eigenvalue weighted by Gasteiger charge is 2.30. The number of carbonyl (C=O) groups is 1. The molecule has 1 aliphatic heterocycles. The van der Waals surface area contributed by atoms with Crippen molar-refractivity contribution < 1.29 is 14.3 Å². The van der Waals surface area contributed by atoms with Gasteiger partial charge < -0.3 is 20.1 Å². The van der Waals surface area contributed by atoms with Gasteiger partial charge in [-0.1, -0.05) is 19.3 Å². The van der Waals surface area contributed by atoms with E-state index in [9.17, 15) is 4.79 Å². The summed E-state index contributed by atoms with van der Waals surface area (Å²) in [6.07, 6.45) is 6.59. The molecule has 5 nitrogen and oxygen atoms in total. The highest BCUT2D eigenvalue weighted by atomic mass is 16.6. The largest absolute Gasteiger partial charge is 0.444 e. The molecule has 2 N–H and O–H groups in total. The van der Waals surface area contributed by atoms with Crippen LogP contribution in [-0.2, 0) is 9.47 Å². The summed E-state index contributed by atoms with van der Waals surface area (Å²) in [5.74, 6) is 0.584. The van der Waals surface area contributed by atoms with E-state index in [0.29, 0.717) is 18.0 Å². The van der Waals surface area contributed by atoms with Crippen LogP contribution < -0.4 is 10.6 Å². The molecule has 0 spiro atoms. The SMILES string of the molecule is CC(NC1CCCCCC1NC(=O)OC(C)(C)C)C1CCOC1. The van der Waals surface area contributed by atoms with Gasteiger partial charge >= 0.3 is 6.09 Å². The zero-order chi connectivity index (χ0) is 16.9. The van der Waals surface area contributed by atoms with Crippen molar-refractivity contribution in [1.82, 2.24) is 10.6 Å². The molecule has 2 fully saturated rings. The van der Waals surface area contributed by atoms with Crippen LogP contribution in [0.15, 0.2) is 0 Å². The molecular weight excluding hydrogens is 292 g/mol. The lowest BCUT2D eigenvalue weighted by Crippen LogP contribution is -2.53. The van der Waals surface area contributed by atoms with Crippen LogP contribution in [0.2, 0.25) is 0 Å². The molecule has 2 aliphatic rings. The lowest BCUT2D eigenvalue weighted by molar-refractivity contribution is 0.0486. The van der Waals surface area contributed by atoms with Crippen molar-refractivity contribution in [3.63, 3.8) is 0 Å². The van der Waals surface area contributed by atoms with Gasteiger partial charge in [0.1, 0.15) is 5.60 Å². The highest BCUT2D eigenvalue weighted by Crippen LogP contribution is 2.22. The van der Waals surface area contributed by atoms with Crippen molar-refractivity contribution >= 4 is 6.09 Å². The second-order valence-electron chi connectivity index (χ2n) is 8.08. The number of hydrogen-bond acceptors (Lipinski definition) is 4. The molecular formula is C18H34N2O3. The van der Waals surface area contributed by atoms with E-state index >= 15 is 0 Å². The van der Waals surface area contributed by atoms with Crippen LogP contribution in [0.1, 0.15) is 66.2 Å². The Hall–Kier alpha value is -0.810. The standard InChI is InChI=1S/C18H34N2O3/c1-13(14-10-11-22-12-14)19-15-8-6-5-7-9-16(15)20-17(21)23-18(2,3)4/h13-16,19H,5-12H2,1-4H3,(H,20,21). The maximum atomic E-state index is 12.1. The van der Waals surface area contributed by atoms with Crippen molar-refractivity contribution in [3.8, 4) is 0 Å². The zero-order valence-corrected chi connectivity index (χ0v) is 15.2. The maximum Gasteiger partial charge on any atom is 0.407 e. The molecule has 1 heterocycles. The molecule has 0 aromatic carbocycles. The van der Waals surface area contributed by atoms with Crippen LogP contribution in [0.5, 0.6) is 0 Å². The van der Waals surface area contributed by atoms with Gasteiger partial charge in [-0.3, -0.25) is 0 Å². The number of nitrogens with one attached hydrogen (secondary N) is 2. The first kappa shape index (κ1) is 18.5. The highest BCUT2D eigenvalue weighted by molar-refractivity contribution is 5.68. The number of ether oxygens (including phenoxy) is 2. The number of alkyl carbamates (subject to hydrolysis) is 1. The van der Waals surface area contributed by atoms with Gasteiger partial charge in [0.25, 0.3) is 0 Å². The molecule has 1 aliphatic carbocycles. The third-order valence-electron chi connectivity index (χ3n) is 4.87. The summed E-state index contributed by atoms with van der Waals surface area (Å²) in [6.45, 7) is 9.67. The summed E-state index contributed by atoms with van der Waals surface area (Å²) in [5, 5.41) is 6.88. The van der Waals surface area contributed by atoms with E-state index in [2.05, 4.69) is 17.6 Å². The molecule has 23 heavy (non-hydrogen) atoms. The molecule has 2 rings (SSSR count). The van der Waals surface area contributed by atoms with Gasteiger partial charge in [-0.2, -0.15) is 0 Å². The van der Waals surface area contributed by atoms with Crippen LogP contribution >= 0.6 is 0 Å². The van der Waals surface area contributed by atoms with Crippen LogP contribution in [0.3, 0.4) is 0 Å². The number of rotatable bonds is 4. The second kappa shape index (κ2) is 8.34. The minimum Gasteiger partial charge on any atom is -0.444 e. The number of carbonyl (C=O) groups excluding carboxylic acids is 1. The monoisotopic (exact) mass is 326 g/mol. The Labute approximate surface area is 140 Å². The fraction of sp³-hybridized carbons (Fsp3) is 0.944. The first-order valence-corrected chi connectivity index (χ1v) is 9.18. The molecule has 0 aromatic rings. The normalized spacial score (nSPS) is 30.5. The Bertz CT molecular complexity index is 375. The average Bonchev–Trinajstić information content (AvgIpc) is 2.89. The summed E-state index contributed by atoms with van der Waals surface area (Å²) in [4.78, 5) is 12.1. The lowest BCUT2D eigenvalue weighted by atomic mass is 9.96. The molecule has 1 saturated carbocycles. The van der Waals surface area contributed by atoms with Gasteiger partial charge in [-0.25, -0.2) is 4.79 Å². The molecule has 5 heteroatoms. The molecule has 0 aromatic heterocycles. The van der Waals surface area contributed by atoms with Crippen molar-refractivity contribution in [2.24, 2.45) is 5.92 Å². The van der Waals surface area contributed by atoms with Gasteiger partial charge in [0.05, 0.1) is 6.61 Å². The first-order valence-electron chi connectivity index (χ1n) is 9.18. The molecule has 4 unspecified atom stereocenters. The van der Waals surface area contributed by atoms with Crippen LogP contribution in [0.4, 0.5) is 4.79 Å². The van der Waals surface area contributed by atoms with Crippen LogP contribution in [0, 0.1) is 5.92 Å². The maximum absolute atomic E-state index is 12.1. The Morgan fingerprint density at radius 1 is 1.13 bits per heavy atom. The Morgan fingerprint density at radius 2 is 1.83 bits per heavy atom. The van der Waals surface area contributed by atoms with Gasteiger partial charge in [-0.15, -0.1) is 0 Å². The molecule has 1 amide bonds. The van der Waals surface area contributed by atoms with E-state index in [-0.39, 0.29) is 12.1 Å². The third kappa shape index (κ3) is 6.30. The van der Waals surface area contributed by atoms with Crippen molar-refractivity contribution in [2.45, 2.75) is 89.9 Å². The Balaban J connectivity index is 1.91. The minimum absolute atomic E-state index is 0.150. The van der Waals surface area contributed by atoms with Crippen LogP contribution in [-0.4, -0.2) is 43.0 Å². The smallest absolute Gasteiger partial charge is 0.407 e. The fourth-order valence-corrected chi connectivity index (χ4v) is 3.56. The van der Waals surface area contributed by atoms with Crippen molar-refractivity contribution in [3.05, 3.63) is 0 Å². The van der Waals surface area contributed by atoms with E-state index in [1.165, 1.54) is 19.3 Å². The van der Waals surface area contributed by atoms with E-state index in [1.54, 1.807) is 0 Å². The molecule has 134 valence electrons. The minimum atomic E-state index is -0.452. The van der Waals surface area contributed by atoms with Crippen molar-refractivity contribution in [2.75, 3.05) is 13.2 Å². The summed E-state index contributed by atoms with van der Waals surface area (Å²) >= 11 is 0. The molecule has 4 atom stereocenters. The molecule has 0 radical (unpaired) electrons. The lowest BCUT2D eigenvalue weighted by Gasteiger charge is -2.32. The van der Waals surface area contributed by atoms with E-state index < -0.39 is 5.60 Å². The number of amides is 1. The quantitative estimate of drug-likeness (QED) is 0.779. The topological polar surface area (TPSA) is 59.6 Å². The second-order valence-corrected chi connectivity index (χ2v) is 8.08. The Morgan fingerprint density at radius 3 is 2.43 bits per heavy atom. The molecule has 0 bridgehead atoms. The fourth-order valence-electron chi connectivity index (χ4n) is 3.56. The summed E-state index contributed by atoms with van der Waals surface area (Å²) in [5.41, 5.74) is -0.452. The summed E-state index contributed by atoms with van der Waals surface area (Å²) in [7, 11) is 0. The van der Waals surface area contributed by atoms with E-state index in [1.807, 2.05) is 20.8 Å². The summed E-state index contributed by atoms with van der Waals surface area (Å²) < 4.78 is 10.9.